The van der Waals surface area contributed by atoms with Crippen LogP contribution in [0.1, 0.15) is 6.42 Å². The fourth-order valence-electron chi connectivity index (χ4n) is 3.33. The van der Waals surface area contributed by atoms with Crippen molar-refractivity contribution in [3.05, 3.63) is 40.6 Å². The summed E-state index contributed by atoms with van der Waals surface area (Å²) in [5.41, 5.74) is 8.16. The van der Waals surface area contributed by atoms with Crippen LogP contribution in [-0.4, -0.2) is 36.3 Å². The zero-order valence-corrected chi connectivity index (χ0v) is 16.1. The van der Waals surface area contributed by atoms with Gasteiger partial charge in [0.15, 0.2) is 0 Å². The van der Waals surface area contributed by atoms with Crippen LogP contribution in [0.3, 0.4) is 0 Å². The molecule has 8 heteroatoms. The molecule has 1 aliphatic rings. The molecule has 0 spiro atoms. The Bertz CT molecular complexity index is 1010. The van der Waals surface area contributed by atoms with Gasteiger partial charge in [-0.3, -0.25) is 0 Å². The SMILES string of the molecule is COc1cc(O[C@@H]2CCNC2)c(-c2cccc(Cl)c2Cl)c2ncnc(N)c12. The van der Waals surface area contributed by atoms with Gasteiger partial charge in [0.25, 0.3) is 0 Å². The smallest absolute Gasteiger partial charge is 0.138 e. The van der Waals surface area contributed by atoms with Crippen LogP contribution >= 0.6 is 23.2 Å². The number of methoxy groups -OCH3 is 1. The van der Waals surface area contributed by atoms with E-state index in [9.17, 15) is 0 Å². The summed E-state index contributed by atoms with van der Waals surface area (Å²) in [6.45, 7) is 1.69. The van der Waals surface area contributed by atoms with Gasteiger partial charge in [-0.25, -0.2) is 9.97 Å². The number of rotatable bonds is 4. The van der Waals surface area contributed by atoms with E-state index in [1.165, 1.54) is 6.33 Å². The van der Waals surface area contributed by atoms with Crippen molar-refractivity contribution in [1.82, 2.24) is 15.3 Å². The molecule has 3 aromatic rings. The van der Waals surface area contributed by atoms with Gasteiger partial charge < -0.3 is 20.5 Å². The van der Waals surface area contributed by atoms with E-state index in [2.05, 4.69) is 15.3 Å². The Hall–Kier alpha value is -2.28. The highest BCUT2D eigenvalue weighted by atomic mass is 35.5. The summed E-state index contributed by atoms with van der Waals surface area (Å²) < 4.78 is 11.8. The number of fused-ring (bicyclic) bond motifs is 1. The fraction of sp³-hybridized carbons (Fsp3) is 0.263. The van der Waals surface area contributed by atoms with Crippen LogP contribution in [0.5, 0.6) is 11.5 Å². The summed E-state index contributed by atoms with van der Waals surface area (Å²) >= 11 is 12.8. The molecule has 0 radical (unpaired) electrons. The van der Waals surface area contributed by atoms with E-state index in [0.29, 0.717) is 38.3 Å². The molecular weight excluding hydrogens is 387 g/mol. The van der Waals surface area contributed by atoms with Crippen molar-refractivity contribution in [3.63, 3.8) is 0 Å². The third kappa shape index (κ3) is 3.25. The molecule has 6 nitrogen and oxygen atoms in total. The third-order valence-electron chi connectivity index (χ3n) is 4.62. The third-order valence-corrected chi connectivity index (χ3v) is 5.44. The minimum Gasteiger partial charge on any atom is -0.496 e. The van der Waals surface area contributed by atoms with Crippen LogP contribution in [-0.2, 0) is 0 Å². The summed E-state index contributed by atoms with van der Waals surface area (Å²) in [6, 6.07) is 7.27. The number of nitrogen functional groups attached to an aromatic ring is 1. The molecule has 0 bridgehead atoms. The number of nitrogens with two attached hydrogens (primary N) is 1. The van der Waals surface area contributed by atoms with E-state index in [1.54, 1.807) is 13.2 Å². The molecule has 0 unspecified atom stereocenters. The molecule has 4 rings (SSSR count). The molecule has 0 amide bonds. The molecule has 2 heterocycles. The lowest BCUT2D eigenvalue weighted by Crippen LogP contribution is -2.20. The highest BCUT2D eigenvalue weighted by molar-refractivity contribution is 6.44. The van der Waals surface area contributed by atoms with E-state index in [4.69, 9.17) is 38.4 Å². The molecule has 1 fully saturated rings. The average molecular weight is 405 g/mol. The van der Waals surface area contributed by atoms with E-state index >= 15 is 0 Å². The summed E-state index contributed by atoms with van der Waals surface area (Å²) in [5, 5.41) is 4.79. The molecule has 3 N–H and O–H groups in total. The lowest BCUT2D eigenvalue weighted by Gasteiger charge is -2.20. The van der Waals surface area contributed by atoms with Crippen molar-refractivity contribution in [1.29, 1.82) is 0 Å². The second kappa shape index (κ2) is 7.38. The fourth-order valence-corrected chi connectivity index (χ4v) is 3.73. The van der Waals surface area contributed by atoms with Gasteiger partial charge in [0, 0.05) is 18.2 Å². The number of anilines is 1. The van der Waals surface area contributed by atoms with Crippen LogP contribution in [0.25, 0.3) is 22.0 Å². The van der Waals surface area contributed by atoms with Gasteiger partial charge in [-0.1, -0.05) is 35.3 Å². The zero-order valence-electron chi connectivity index (χ0n) is 14.6. The normalized spacial score (nSPS) is 16.6. The topological polar surface area (TPSA) is 82.3 Å². The highest BCUT2D eigenvalue weighted by Gasteiger charge is 2.24. The Kier molecular flexibility index (Phi) is 4.95. The molecule has 2 aromatic carbocycles. The first-order chi connectivity index (χ1) is 13.1. The number of ether oxygens (including phenoxy) is 2. The Labute approximate surface area is 166 Å². The van der Waals surface area contributed by atoms with E-state index in [-0.39, 0.29) is 6.10 Å². The number of nitrogens with one attached hydrogen (secondary N) is 1. The maximum absolute atomic E-state index is 6.52. The first-order valence-corrected chi connectivity index (χ1v) is 9.28. The minimum atomic E-state index is 0.0445. The summed E-state index contributed by atoms with van der Waals surface area (Å²) in [4.78, 5) is 8.56. The van der Waals surface area contributed by atoms with Crippen molar-refractivity contribution in [3.8, 4) is 22.6 Å². The van der Waals surface area contributed by atoms with Crippen LogP contribution in [0.4, 0.5) is 5.82 Å². The summed E-state index contributed by atoms with van der Waals surface area (Å²) in [6.07, 6.45) is 2.37. The first kappa shape index (κ1) is 18.1. The van der Waals surface area contributed by atoms with Gasteiger partial charge >= 0.3 is 0 Å². The van der Waals surface area contributed by atoms with Crippen molar-refractivity contribution in [2.75, 3.05) is 25.9 Å². The standard InChI is InChI=1S/C19H18Cl2N4O2/c1-26-13-7-14(27-10-5-6-23-8-10)15(11-3-2-4-12(20)17(11)21)18-16(13)19(22)25-9-24-18/h2-4,7,9-10,23H,5-6,8H2,1H3,(H2,22,24,25)/t10-/m1/s1. The molecule has 1 atom stereocenters. The van der Waals surface area contributed by atoms with Gasteiger partial charge in [0.05, 0.1) is 33.6 Å². The number of hydrogen-bond donors (Lipinski definition) is 2. The molecule has 1 saturated heterocycles. The predicted molar refractivity (Wildman–Crippen MR) is 108 cm³/mol. The number of benzene rings is 2. The van der Waals surface area contributed by atoms with Gasteiger partial charge in [-0.05, 0) is 19.0 Å². The molecular formula is C19H18Cl2N4O2. The summed E-state index contributed by atoms with van der Waals surface area (Å²) in [7, 11) is 1.58. The zero-order chi connectivity index (χ0) is 19.0. The maximum atomic E-state index is 6.52. The van der Waals surface area contributed by atoms with Gasteiger partial charge in [-0.2, -0.15) is 0 Å². The average Bonchev–Trinajstić information content (AvgIpc) is 3.17. The molecule has 27 heavy (non-hydrogen) atoms. The van der Waals surface area contributed by atoms with Crippen molar-refractivity contribution < 1.29 is 9.47 Å². The minimum absolute atomic E-state index is 0.0445. The Balaban J connectivity index is 2.03. The van der Waals surface area contributed by atoms with Gasteiger partial charge in [0.1, 0.15) is 29.7 Å². The van der Waals surface area contributed by atoms with Crippen molar-refractivity contribution >= 4 is 39.9 Å². The van der Waals surface area contributed by atoms with Crippen LogP contribution in [0, 0.1) is 0 Å². The van der Waals surface area contributed by atoms with E-state index in [0.717, 1.165) is 30.6 Å². The molecule has 1 aromatic heterocycles. The monoisotopic (exact) mass is 404 g/mol. The maximum Gasteiger partial charge on any atom is 0.138 e. The largest absolute Gasteiger partial charge is 0.496 e. The van der Waals surface area contributed by atoms with E-state index in [1.807, 2.05) is 18.2 Å². The predicted octanol–water partition coefficient (Wildman–Crippen LogP) is 3.94. The number of hydrogen-bond acceptors (Lipinski definition) is 6. The molecule has 0 saturated carbocycles. The summed E-state index contributed by atoms with van der Waals surface area (Å²) in [5.74, 6) is 1.49. The van der Waals surface area contributed by atoms with Crippen molar-refractivity contribution in [2.45, 2.75) is 12.5 Å². The van der Waals surface area contributed by atoms with Crippen LogP contribution in [0.15, 0.2) is 30.6 Å². The van der Waals surface area contributed by atoms with Gasteiger partial charge in [0.2, 0.25) is 0 Å². The lowest BCUT2D eigenvalue weighted by molar-refractivity contribution is 0.223. The van der Waals surface area contributed by atoms with Crippen LogP contribution in [0.2, 0.25) is 10.0 Å². The number of nitrogens with zero attached hydrogens (tertiary/aromatic N) is 2. The van der Waals surface area contributed by atoms with E-state index < -0.39 is 0 Å². The second-order valence-corrected chi connectivity index (χ2v) is 7.05. The number of aromatic nitrogens is 2. The molecule has 1 aliphatic heterocycles. The Morgan fingerprint density at radius 2 is 2.07 bits per heavy atom. The Morgan fingerprint density at radius 1 is 1.22 bits per heavy atom. The van der Waals surface area contributed by atoms with Gasteiger partial charge in [-0.15, -0.1) is 0 Å². The Morgan fingerprint density at radius 3 is 2.81 bits per heavy atom. The lowest BCUT2D eigenvalue weighted by atomic mass is 10.00. The number of halogens is 2. The molecule has 0 aliphatic carbocycles. The van der Waals surface area contributed by atoms with Crippen molar-refractivity contribution in [2.24, 2.45) is 0 Å². The molecule has 140 valence electrons. The highest BCUT2D eigenvalue weighted by Crippen LogP contribution is 2.46. The second-order valence-electron chi connectivity index (χ2n) is 6.27. The van der Waals surface area contributed by atoms with Crippen LogP contribution < -0.4 is 20.5 Å². The first-order valence-electron chi connectivity index (χ1n) is 8.53. The quantitative estimate of drug-likeness (QED) is 0.685.